The molecule has 0 aromatic heterocycles. The topological polar surface area (TPSA) is 58.6 Å². The van der Waals surface area contributed by atoms with Crippen LogP contribution in [0.1, 0.15) is 53.4 Å². The Bertz CT molecular complexity index is 236. The largest absolute Gasteiger partial charge is 0.468 e. The second-order valence-electron chi connectivity index (χ2n) is 5.82. The van der Waals surface area contributed by atoms with Crippen molar-refractivity contribution in [2.75, 3.05) is 13.7 Å². The highest BCUT2D eigenvalue weighted by atomic mass is 16.5. The maximum atomic E-state index is 11.7. The molecule has 108 valence electrons. The Kier molecular flexibility index (Phi) is 8.20. The highest BCUT2D eigenvalue weighted by molar-refractivity contribution is 5.75. The average molecular weight is 259 g/mol. The maximum Gasteiger partial charge on any atom is 0.322 e. The van der Waals surface area contributed by atoms with E-state index in [1.165, 1.54) is 7.11 Å². The minimum atomic E-state index is -0.272. The fraction of sp³-hybridized carbons (Fsp3) is 0.929. The van der Waals surface area contributed by atoms with Crippen LogP contribution in [-0.2, 0) is 9.53 Å². The van der Waals surface area contributed by atoms with E-state index in [1.54, 1.807) is 0 Å². The molecule has 2 atom stereocenters. The Hall–Kier alpha value is -0.610. The first-order chi connectivity index (χ1) is 8.36. The molecule has 0 aromatic rings. The number of carbonyl (C=O) groups excluding carboxylic acids is 1. The molecule has 2 N–H and O–H groups in total. The van der Waals surface area contributed by atoms with E-state index < -0.39 is 0 Å². The summed E-state index contributed by atoms with van der Waals surface area (Å²) in [5, 5.41) is 12.5. The van der Waals surface area contributed by atoms with Crippen molar-refractivity contribution in [3.05, 3.63) is 0 Å². The van der Waals surface area contributed by atoms with Crippen molar-refractivity contribution < 1.29 is 14.6 Å². The number of ether oxygens (including phenoxy) is 1. The number of aliphatic hydroxyl groups excluding tert-OH is 1. The van der Waals surface area contributed by atoms with E-state index in [1.807, 2.05) is 0 Å². The number of esters is 1. The summed E-state index contributed by atoms with van der Waals surface area (Å²) in [6, 6.07) is -0.172. The number of rotatable bonds is 8. The van der Waals surface area contributed by atoms with Crippen molar-refractivity contribution >= 4 is 5.97 Å². The molecule has 0 heterocycles. The van der Waals surface area contributed by atoms with Gasteiger partial charge in [0.2, 0.25) is 0 Å². The highest BCUT2D eigenvalue weighted by Gasteiger charge is 2.29. The molecule has 4 heteroatoms. The molecule has 0 rings (SSSR count). The van der Waals surface area contributed by atoms with Gasteiger partial charge in [-0.2, -0.15) is 0 Å². The Balaban J connectivity index is 4.63. The van der Waals surface area contributed by atoms with Crippen molar-refractivity contribution in [3.63, 3.8) is 0 Å². The van der Waals surface area contributed by atoms with Gasteiger partial charge in [-0.3, -0.25) is 4.79 Å². The first kappa shape index (κ1) is 17.4. The van der Waals surface area contributed by atoms with Gasteiger partial charge in [0.05, 0.1) is 7.11 Å². The molecule has 0 aromatic carbocycles. The van der Waals surface area contributed by atoms with Crippen LogP contribution in [-0.4, -0.2) is 36.9 Å². The van der Waals surface area contributed by atoms with E-state index in [-0.39, 0.29) is 30.1 Å². The number of aliphatic hydroxyl groups is 1. The normalized spacial score (nSPS) is 15.2. The van der Waals surface area contributed by atoms with Crippen LogP contribution in [0.3, 0.4) is 0 Å². The van der Waals surface area contributed by atoms with Crippen molar-refractivity contribution in [1.29, 1.82) is 0 Å². The predicted molar refractivity (Wildman–Crippen MR) is 73.4 cm³/mol. The van der Waals surface area contributed by atoms with Crippen LogP contribution in [0.5, 0.6) is 0 Å². The zero-order chi connectivity index (χ0) is 14.2. The number of carbonyl (C=O) groups is 1. The van der Waals surface area contributed by atoms with Crippen LogP contribution in [0.25, 0.3) is 0 Å². The monoisotopic (exact) mass is 259 g/mol. The van der Waals surface area contributed by atoms with Crippen LogP contribution in [0.4, 0.5) is 0 Å². The third kappa shape index (κ3) is 6.36. The summed E-state index contributed by atoms with van der Waals surface area (Å²) in [6.07, 6.45) is 3.46. The van der Waals surface area contributed by atoms with Gasteiger partial charge < -0.3 is 15.2 Å². The Morgan fingerprint density at radius 2 is 1.94 bits per heavy atom. The second kappa shape index (κ2) is 8.48. The summed E-state index contributed by atoms with van der Waals surface area (Å²) in [4.78, 5) is 11.7. The fourth-order valence-electron chi connectivity index (χ4n) is 1.96. The fourth-order valence-corrected chi connectivity index (χ4v) is 1.96. The van der Waals surface area contributed by atoms with Crippen LogP contribution in [0.2, 0.25) is 0 Å². The second-order valence-corrected chi connectivity index (χ2v) is 5.82. The molecule has 0 aliphatic rings. The molecule has 0 aliphatic carbocycles. The number of hydrogen-bond donors (Lipinski definition) is 2. The highest BCUT2D eigenvalue weighted by Crippen LogP contribution is 2.23. The summed E-state index contributed by atoms with van der Waals surface area (Å²) in [7, 11) is 1.42. The van der Waals surface area contributed by atoms with E-state index >= 15 is 0 Å². The molecule has 0 fully saturated rings. The smallest absolute Gasteiger partial charge is 0.322 e. The molecule has 0 spiro atoms. The van der Waals surface area contributed by atoms with Gasteiger partial charge in [-0.15, -0.1) is 0 Å². The summed E-state index contributed by atoms with van der Waals surface area (Å²) in [5.74, 6) is -0.212. The molecule has 0 saturated heterocycles. The van der Waals surface area contributed by atoms with Gasteiger partial charge in [0.1, 0.15) is 6.04 Å². The lowest BCUT2D eigenvalue weighted by Crippen LogP contribution is -2.49. The first-order valence-electron chi connectivity index (χ1n) is 6.81. The number of nitrogens with one attached hydrogen (secondary N) is 1. The number of methoxy groups -OCH3 is 1. The Labute approximate surface area is 111 Å². The van der Waals surface area contributed by atoms with Crippen LogP contribution in [0.15, 0.2) is 0 Å². The minimum Gasteiger partial charge on any atom is -0.468 e. The van der Waals surface area contributed by atoms with Gasteiger partial charge in [0.15, 0.2) is 0 Å². The lowest BCUT2D eigenvalue weighted by atomic mass is 9.84. The molecule has 4 nitrogen and oxygen atoms in total. The molecule has 0 bridgehead atoms. The third-order valence-corrected chi connectivity index (χ3v) is 3.20. The quantitative estimate of drug-likeness (QED) is 0.655. The average Bonchev–Trinajstić information content (AvgIpc) is 2.30. The minimum absolute atomic E-state index is 0.00121. The molecule has 2 unspecified atom stereocenters. The van der Waals surface area contributed by atoms with Gasteiger partial charge in [-0.25, -0.2) is 0 Å². The maximum absolute atomic E-state index is 11.7. The van der Waals surface area contributed by atoms with E-state index in [4.69, 9.17) is 9.84 Å². The van der Waals surface area contributed by atoms with E-state index in [9.17, 15) is 4.79 Å². The van der Waals surface area contributed by atoms with Crippen LogP contribution >= 0.6 is 0 Å². The summed E-state index contributed by atoms with van der Waals surface area (Å²) < 4.78 is 4.84. The molecule has 0 amide bonds. The number of unbranched alkanes of at least 4 members (excludes halogenated alkanes) is 1. The van der Waals surface area contributed by atoms with Crippen molar-refractivity contribution in [2.45, 2.75) is 65.5 Å². The van der Waals surface area contributed by atoms with E-state index in [0.717, 1.165) is 19.3 Å². The number of hydrogen-bond acceptors (Lipinski definition) is 4. The zero-order valence-corrected chi connectivity index (χ0v) is 12.5. The van der Waals surface area contributed by atoms with E-state index in [2.05, 4.69) is 33.0 Å². The van der Waals surface area contributed by atoms with Gasteiger partial charge in [0, 0.05) is 12.6 Å². The summed E-state index contributed by atoms with van der Waals surface area (Å²) in [5.41, 5.74) is 0.00121. The molecule has 0 aliphatic heterocycles. The molecule has 18 heavy (non-hydrogen) atoms. The van der Waals surface area contributed by atoms with Gasteiger partial charge in [-0.05, 0) is 18.3 Å². The predicted octanol–water partition coefficient (Wildman–Crippen LogP) is 2.10. The van der Waals surface area contributed by atoms with Crippen molar-refractivity contribution in [2.24, 2.45) is 5.41 Å². The van der Waals surface area contributed by atoms with E-state index in [0.29, 0.717) is 6.42 Å². The SMILES string of the molecule is CCCCC(NC(CCO)C(C)(C)C)C(=O)OC. The van der Waals surface area contributed by atoms with Crippen LogP contribution in [0, 0.1) is 5.41 Å². The van der Waals surface area contributed by atoms with Gasteiger partial charge >= 0.3 is 5.97 Å². The van der Waals surface area contributed by atoms with Crippen molar-refractivity contribution in [1.82, 2.24) is 5.32 Å². The standard InChI is InChI=1S/C14H29NO3/c1-6-7-8-11(13(17)18-5)15-12(9-10-16)14(2,3)4/h11-12,15-16H,6-10H2,1-5H3. The molecular formula is C14H29NO3. The molecule has 0 saturated carbocycles. The Morgan fingerprint density at radius 3 is 2.33 bits per heavy atom. The zero-order valence-electron chi connectivity index (χ0n) is 12.5. The lowest BCUT2D eigenvalue weighted by Gasteiger charge is -2.34. The Morgan fingerprint density at radius 1 is 1.33 bits per heavy atom. The molecular weight excluding hydrogens is 230 g/mol. The summed E-state index contributed by atoms with van der Waals surface area (Å²) in [6.45, 7) is 8.54. The summed E-state index contributed by atoms with van der Waals surface area (Å²) >= 11 is 0. The lowest BCUT2D eigenvalue weighted by molar-refractivity contribution is -0.143. The third-order valence-electron chi connectivity index (χ3n) is 3.20. The molecule has 0 radical (unpaired) electrons. The van der Waals surface area contributed by atoms with Crippen LogP contribution < -0.4 is 5.32 Å². The van der Waals surface area contributed by atoms with Gasteiger partial charge in [-0.1, -0.05) is 40.5 Å². The van der Waals surface area contributed by atoms with Gasteiger partial charge in [0.25, 0.3) is 0 Å². The van der Waals surface area contributed by atoms with Crippen molar-refractivity contribution in [3.8, 4) is 0 Å². The first-order valence-corrected chi connectivity index (χ1v) is 6.81.